The number of thioether (sulfide) groups is 1. The molecule has 7 heteroatoms. The molecule has 0 aromatic rings. The van der Waals surface area contributed by atoms with E-state index in [2.05, 4.69) is 0 Å². The normalized spacial score (nSPS) is 18.7. The molecule has 0 aromatic carbocycles. The highest BCUT2D eigenvalue weighted by atomic mass is 32.2. The van der Waals surface area contributed by atoms with Crippen LogP contribution in [0.3, 0.4) is 0 Å². The molecule has 1 rings (SSSR count). The number of nitriles is 1. The Morgan fingerprint density at radius 3 is 2.59 bits per heavy atom. The third-order valence-corrected chi connectivity index (χ3v) is 3.71. The lowest BCUT2D eigenvalue weighted by atomic mass is 10.0. The van der Waals surface area contributed by atoms with Crippen LogP contribution in [0.4, 0.5) is 4.79 Å². The molecule has 0 saturated heterocycles. The van der Waals surface area contributed by atoms with Crippen LogP contribution in [0.5, 0.6) is 0 Å². The fourth-order valence-corrected chi connectivity index (χ4v) is 2.66. The van der Waals surface area contributed by atoms with Gasteiger partial charge in [-0.05, 0) is 46.4 Å². The van der Waals surface area contributed by atoms with Crippen molar-refractivity contribution in [1.29, 1.82) is 5.26 Å². The maximum Gasteiger partial charge on any atom is 0.410 e. The first-order chi connectivity index (χ1) is 10.2. The molecular formula is C15H22N2O4S. The van der Waals surface area contributed by atoms with E-state index in [0.29, 0.717) is 16.9 Å². The van der Waals surface area contributed by atoms with E-state index in [1.54, 1.807) is 27.7 Å². The lowest BCUT2D eigenvalue weighted by Crippen LogP contribution is -2.46. The number of rotatable bonds is 3. The fraction of sp³-hybridized carbons (Fsp3) is 0.667. The van der Waals surface area contributed by atoms with E-state index in [0.717, 1.165) is 11.8 Å². The summed E-state index contributed by atoms with van der Waals surface area (Å²) in [5.41, 5.74) is -0.120. The van der Waals surface area contributed by atoms with Gasteiger partial charge in [0.15, 0.2) is 0 Å². The van der Waals surface area contributed by atoms with Crippen molar-refractivity contribution in [2.45, 2.75) is 52.7 Å². The van der Waals surface area contributed by atoms with Gasteiger partial charge >= 0.3 is 12.1 Å². The van der Waals surface area contributed by atoms with E-state index >= 15 is 0 Å². The molecule has 1 aliphatic heterocycles. The van der Waals surface area contributed by atoms with Gasteiger partial charge in [0.2, 0.25) is 0 Å². The van der Waals surface area contributed by atoms with Crippen LogP contribution in [0.2, 0.25) is 0 Å². The first kappa shape index (κ1) is 18.4. The number of thiocyanates is 1. The molecule has 0 aliphatic carbocycles. The van der Waals surface area contributed by atoms with Gasteiger partial charge in [0.1, 0.15) is 11.0 Å². The number of ether oxygens (including phenoxy) is 2. The van der Waals surface area contributed by atoms with E-state index in [4.69, 9.17) is 14.7 Å². The van der Waals surface area contributed by atoms with Gasteiger partial charge in [-0.15, -0.1) is 0 Å². The molecule has 6 nitrogen and oxygen atoms in total. The summed E-state index contributed by atoms with van der Waals surface area (Å²) < 4.78 is 10.4. The molecule has 1 amide bonds. The molecule has 1 atom stereocenters. The third-order valence-electron chi connectivity index (χ3n) is 3.00. The van der Waals surface area contributed by atoms with Crippen LogP contribution in [0.15, 0.2) is 10.5 Å². The van der Waals surface area contributed by atoms with Gasteiger partial charge in [0.25, 0.3) is 0 Å². The Labute approximate surface area is 135 Å². The van der Waals surface area contributed by atoms with Crippen molar-refractivity contribution >= 4 is 23.8 Å². The van der Waals surface area contributed by atoms with Gasteiger partial charge in [-0.1, -0.05) is 0 Å². The van der Waals surface area contributed by atoms with Gasteiger partial charge in [-0.3, -0.25) is 0 Å². The van der Waals surface area contributed by atoms with E-state index in [-0.39, 0.29) is 19.2 Å². The summed E-state index contributed by atoms with van der Waals surface area (Å²) in [5.74, 6) is -0.420. The molecule has 22 heavy (non-hydrogen) atoms. The van der Waals surface area contributed by atoms with Gasteiger partial charge in [0.05, 0.1) is 18.7 Å². The maximum atomic E-state index is 12.2. The number of amides is 1. The number of hydrogen-bond acceptors (Lipinski definition) is 6. The molecule has 0 saturated carbocycles. The topological polar surface area (TPSA) is 79.6 Å². The summed E-state index contributed by atoms with van der Waals surface area (Å²) in [6, 6.07) is -0.197. The molecule has 1 heterocycles. The van der Waals surface area contributed by atoms with Crippen LogP contribution in [0.25, 0.3) is 0 Å². The van der Waals surface area contributed by atoms with Crippen molar-refractivity contribution in [3.63, 3.8) is 0 Å². The zero-order chi connectivity index (χ0) is 16.9. The summed E-state index contributed by atoms with van der Waals surface area (Å²) >= 11 is 0.891. The predicted molar refractivity (Wildman–Crippen MR) is 83.9 cm³/mol. The van der Waals surface area contributed by atoms with E-state index < -0.39 is 17.7 Å². The van der Waals surface area contributed by atoms with E-state index in [1.165, 1.54) is 4.90 Å². The summed E-state index contributed by atoms with van der Waals surface area (Å²) in [4.78, 5) is 26.3. The quantitative estimate of drug-likeness (QED) is 0.586. The molecule has 0 fully saturated rings. The Bertz CT molecular complexity index is 517. The van der Waals surface area contributed by atoms with E-state index in [9.17, 15) is 9.59 Å². The van der Waals surface area contributed by atoms with Crippen molar-refractivity contribution in [1.82, 2.24) is 4.90 Å². The minimum atomic E-state index is -0.593. The first-order valence-corrected chi connectivity index (χ1v) is 7.96. The van der Waals surface area contributed by atoms with Gasteiger partial charge in [0, 0.05) is 17.4 Å². The molecular weight excluding hydrogens is 304 g/mol. The Morgan fingerprint density at radius 2 is 2.09 bits per heavy atom. The Kier molecular flexibility index (Phi) is 6.30. The SMILES string of the molecule is CCOC(=O)C1=C(SC#N)CN(C(=O)OC(C)(C)C)[C@H](C)C1. The largest absolute Gasteiger partial charge is 0.463 e. The smallest absolute Gasteiger partial charge is 0.410 e. The zero-order valence-corrected chi connectivity index (χ0v) is 14.5. The second-order valence-electron chi connectivity index (χ2n) is 5.98. The summed E-state index contributed by atoms with van der Waals surface area (Å²) in [6.45, 7) is 9.42. The van der Waals surface area contributed by atoms with Gasteiger partial charge in [-0.2, -0.15) is 5.26 Å². The van der Waals surface area contributed by atoms with Crippen molar-refractivity contribution in [3.05, 3.63) is 10.5 Å². The highest BCUT2D eigenvalue weighted by Crippen LogP contribution is 2.31. The molecule has 0 radical (unpaired) electrons. The predicted octanol–water partition coefficient (Wildman–Crippen LogP) is 3.05. The first-order valence-electron chi connectivity index (χ1n) is 7.14. The Hall–Kier alpha value is -1.68. The standard InChI is InChI=1S/C15H22N2O4S/c1-6-20-13(18)11-7-10(2)17(8-12(11)22-9-16)14(19)21-15(3,4)5/h10H,6-8H2,1-5H3/t10-/m1/s1. The molecule has 0 aromatic heterocycles. The molecule has 122 valence electrons. The van der Waals surface area contributed by atoms with Crippen LogP contribution >= 0.6 is 11.8 Å². The summed E-state index contributed by atoms with van der Waals surface area (Å²) in [6.07, 6.45) is -0.0961. The van der Waals surface area contributed by atoms with Crippen LogP contribution in [-0.2, 0) is 14.3 Å². The minimum Gasteiger partial charge on any atom is -0.463 e. The minimum absolute atomic E-state index is 0.183. The third kappa shape index (κ3) is 4.95. The average molecular weight is 326 g/mol. The highest BCUT2D eigenvalue weighted by Gasteiger charge is 2.34. The second-order valence-corrected chi connectivity index (χ2v) is 6.86. The van der Waals surface area contributed by atoms with Crippen molar-refractivity contribution in [2.24, 2.45) is 0 Å². The number of carbonyl (C=O) groups is 2. The fourth-order valence-electron chi connectivity index (χ4n) is 2.05. The van der Waals surface area contributed by atoms with Gasteiger partial charge in [-0.25, -0.2) is 9.59 Å². The van der Waals surface area contributed by atoms with Crippen LogP contribution in [0.1, 0.15) is 41.0 Å². The average Bonchev–Trinajstić information content (AvgIpc) is 2.38. The maximum absolute atomic E-state index is 12.2. The number of nitrogens with zero attached hydrogens (tertiary/aromatic N) is 2. The van der Waals surface area contributed by atoms with Crippen LogP contribution < -0.4 is 0 Å². The lowest BCUT2D eigenvalue weighted by Gasteiger charge is -2.35. The Balaban J connectivity index is 2.99. The molecule has 0 unspecified atom stereocenters. The van der Waals surface area contributed by atoms with Crippen LogP contribution in [0, 0.1) is 10.7 Å². The zero-order valence-electron chi connectivity index (χ0n) is 13.6. The monoisotopic (exact) mass is 326 g/mol. The Morgan fingerprint density at radius 1 is 1.45 bits per heavy atom. The molecule has 0 spiro atoms. The lowest BCUT2D eigenvalue weighted by molar-refractivity contribution is -0.139. The highest BCUT2D eigenvalue weighted by molar-refractivity contribution is 8.07. The second kappa shape index (κ2) is 7.54. The van der Waals surface area contributed by atoms with E-state index in [1.807, 2.05) is 12.3 Å². The summed E-state index contributed by atoms with van der Waals surface area (Å²) in [5, 5.41) is 10.9. The summed E-state index contributed by atoms with van der Waals surface area (Å²) in [7, 11) is 0. The van der Waals surface area contributed by atoms with Crippen molar-refractivity contribution < 1.29 is 19.1 Å². The molecule has 0 N–H and O–H groups in total. The molecule has 1 aliphatic rings. The van der Waals surface area contributed by atoms with Crippen LogP contribution in [-0.4, -0.2) is 41.8 Å². The van der Waals surface area contributed by atoms with Crippen molar-refractivity contribution in [2.75, 3.05) is 13.2 Å². The number of carbonyl (C=O) groups excluding carboxylic acids is 2. The van der Waals surface area contributed by atoms with Crippen molar-refractivity contribution in [3.8, 4) is 5.40 Å². The number of esters is 1. The number of hydrogen-bond donors (Lipinski definition) is 0. The van der Waals surface area contributed by atoms with Gasteiger partial charge < -0.3 is 14.4 Å². The molecule has 0 bridgehead atoms.